The van der Waals surface area contributed by atoms with Gasteiger partial charge in [-0.25, -0.2) is 0 Å². The molecule has 3 nitrogen and oxygen atoms in total. The first-order valence-corrected chi connectivity index (χ1v) is 6.89. The summed E-state index contributed by atoms with van der Waals surface area (Å²) >= 11 is 3.44. The van der Waals surface area contributed by atoms with E-state index >= 15 is 0 Å². The van der Waals surface area contributed by atoms with Crippen LogP contribution in [-0.2, 0) is 0 Å². The Morgan fingerprint density at radius 3 is 2.20 bits per heavy atom. The van der Waals surface area contributed by atoms with Crippen LogP contribution >= 0.6 is 15.9 Å². The summed E-state index contributed by atoms with van der Waals surface area (Å²) in [5, 5.41) is 0. The summed E-state index contributed by atoms with van der Waals surface area (Å²) in [6, 6.07) is 10.7. The predicted molar refractivity (Wildman–Crippen MR) is 81.9 cm³/mol. The van der Waals surface area contributed by atoms with Crippen molar-refractivity contribution in [2.75, 3.05) is 14.2 Å². The average Bonchev–Trinajstić information content (AvgIpc) is 2.48. The molecule has 104 valence electrons. The lowest BCUT2D eigenvalue weighted by Gasteiger charge is -2.10. The van der Waals surface area contributed by atoms with Crippen molar-refractivity contribution in [3.63, 3.8) is 0 Å². The molecule has 0 aromatic heterocycles. The van der Waals surface area contributed by atoms with Crippen molar-refractivity contribution in [2.24, 2.45) is 0 Å². The van der Waals surface area contributed by atoms with E-state index in [0.29, 0.717) is 22.6 Å². The van der Waals surface area contributed by atoms with E-state index in [1.807, 2.05) is 25.1 Å². The van der Waals surface area contributed by atoms with Crippen molar-refractivity contribution in [2.45, 2.75) is 6.92 Å². The van der Waals surface area contributed by atoms with Crippen LogP contribution in [0.5, 0.6) is 11.5 Å². The Morgan fingerprint density at radius 1 is 1.05 bits per heavy atom. The van der Waals surface area contributed by atoms with Crippen LogP contribution in [0.25, 0.3) is 0 Å². The minimum atomic E-state index is -0.0546. The number of hydrogen-bond donors (Lipinski definition) is 0. The highest BCUT2D eigenvalue weighted by atomic mass is 79.9. The summed E-state index contributed by atoms with van der Waals surface area (Å²) in [7, 11) is 3.13. The first-order chi connectivity index (χ1) is 9.56. The van der Waals surface area contributed by atoms with E-state index in [9.17, 15) is 4.79 Å². The van der Waals surface area contributed by atoms with E-state index in [1.54, 1.807) is 32.4 Å². The quantitative estimate of drug-likeness (QED) is 0.792. The van der Waals surface area contributed by atoms with Crippen molar-refractivity contribution in [1.82, 2.24) is 0 Å². The van der Waals surface area contributed by atoms with Gasteiger partial charge in [-0.1, -0.05) is 28.1 Å². The van der Waals surface area contributed by atoms with E-state index in [4.69, 9.17) is 9.47 Å². The zero-order chi connectivity index (χ0) is 14.7. The van der Waals surface area contributed by atoms with Crippen molar-refractivity contribution >= 4 is 21.7 Å². The Hall–Kier alpha value is -1.81. The van der Waals surface area contributed by atoms with Gasteiger partial charge in [0.1, 0.15) is 11.5 Å². The van der Waals surface area contributed by atoms with E-state index < -0.39 is 0 Å². The Labute approximate surface area is 126 Å². The SMILES string of the molecule is COc1cc(OC)cc(C(=O)c2cccc(Br)c2C)c1. The van der Waals surface area contributed by atoms with Gasteiger partial charge in [0, 0.05) is 21.7 Å². The first kappa shape index (κ1) is 14.6. The molecule has 0 fully saturated rings. The van der Waals surface area contributed by atoms with Crippen LogP contribution in [0.1, 0.15) is 21.5 Å². The Morgan fingerprint density at radius 2 is 1.65 bits per heavy atom. The maximum Gasteiger partial charge on any atom is 0.193 e. The smallest absolute Gasteiger partial charge is 0.193 e. The summed E-state index contributed by atoms with van der Waals surface area (Å²) in [5.74, 6) is 1.14. The maximum absolute atomic E-state index is 12.6. The van der Waals surface area contributed by atoms with Gasteiger partial charge in [-0.3, -0.25) is 4.79 Å². The maximum atomic E-state index is 12.6. The lowest BCUT2D eigenvalue weighted by Crippen LogP contribution is -2.05. The fraction of sp³-hybridized carbons (Fsp3) is 0.188. The fourth-order valence-electron chi connectivity index (χ4n) is 1.95. The number of benzene rings is 2. The standard InChI is InChI=1S/C16H15BrO3/c1-10-14(5-4-6-15(10)17)16(18)11-7-12(19-2)9-13(8-11)20-3/h4-9H,1-3H3. The number of carbonyl (C=O) groups is 1. The first-order valence-electron chi connectivity index (χ1n) is 6.09. The number of ketones is 1. The molecule has 0 atom stereocenters. The van der Waals surface area contributed by atoms with Crippen molar-refractivity contribution in [1.29, 1.82) is 0 Å². The number of carbonyl (C=O) groups excluding carboxylic acids is 1. The predicted octanol–water partition coefficient (Wildman–Crippen LogP) is 4.01. The highest BCUT2D eigenvalue weighted by Crippen LogP contribution is 2.27. The van der Waals surface area contributed by atoms with Crippen LogP contribution in [0, 0.1) is 6.92 Å². The molecule has 0 aliphatic heterocycles. The second-order valence-corrected chi connectivity index (χ2v) is 5.20. The number of methoxy groups -OCH3 is 2. The number of halogens is 1. The lowest BCUT2D eigenvalue weighted by atomic mass is 9.99. The van der Waals surface area contributed by atoms with E-state index in [-0.39, 0.29) is 5.78 Å². The summed E-state index contributed by atoms with van der Waals surface area (Å²) in [4.78, 5) is 12.6. The number of rotatable bonds is 4. The molecular weight excluding hydrogens is 320 g/mol. The summed E-state index contributed by atoms with van der Waals surface area (Å²) in [5.41, 5.74) is 2.12. The fourth-order valence-corrected chi connectivity index (χ4v) is 2.31. The van der Waals surface area contributed by atoms with Gasteiger partial charge in [0.2, 0.25) is 0 Å². The molecule has 0 spiro atoms. The van der Waals surface area contributed by atoms with Crippen molar-refractivity contribution < 1.29 is 14.3 Å². The van der Waals surface area contributed by atoms with Gasteiger partial charge in [0.15, 0.2) is 5.78 Å². The van der Waals surface area contributed by atoms with Crippen LogP contribution in [0.15, 0.2) is 40.9 Å². The molecule has 0 unspecified atom stereocenters. The Bertz CT molecular complexity index is 628. The minimum Gasteiger partial charge on any atom is -0.497 e. The van der Waals surface area contributed by atoms with Crippen molar-refractivity contribution in [3.8, 4) is 11.5 Å². The van der Waals surface area contributed by atoms with Gasteiger partial charge in [0.25, 0.3) is 0 Å². The van der Waals surface area contributed by atoms with Gasteiger partial charge in [-0.15, -0.1) is 0 Å². The molecule has 0 aliphatic rings. The van der Waals surface area contributed by atoms with Crippen LogP contribution < -0.4 is 9.47 Å². The Balaban J connectivity index is 2.50. The van der Waals surface area contributed by atoms with Gasteiger partial charge < -0.3 is 9.47 Å². The summed E-state index contributed by atoms with van der Waals surface area (Å²) in [6.45, 7) is 1.91. The normalized spacial score (nSPS) is 10.2. The van der Waals surface area contributed by atoms with Gasteiger partial charge >= 0.3 is 0 Å². The molecule has 0 saturated heterocycles. The number of ether oxygens (including phenoxy) is 2. The second kappa shape index (κ2) is 6.09. The molecule has 0 saturated carbocycles. The molecule has 2 aromatic carbocycles. The van der Waals surface area contributed by atoms with Crippen LogP contribution in [-0.4, -0.2) is 20.0 Å². The van der Waals surface area contributed by atoms with E-state index in [1.165, 1.54) is 0 Å². The molecule has 2 aromatic rings. The number of hydrogen-bond acceptors (Lipinski definition) is 3. The van der Waals surface area contributed by atoms with Crippen molar-refractivity contribution in [3.05, 3.63) is 57.6 Å². The molecule has 2 rings (SSSR count). The molecule has 20 heavy (non-hydrogen) atoms. The molecule has 0 heterocycles. The van der Waals surface area contributed by atoms with Crippen LogP contribution in [0.4, 0.5) is 0 Å². The monoisotopic (exact) mass is 334 g/mol. The lowest BCUT2D eigenvalue weighted by molar-refractivity contribution is 0.103. The average molecular weight is 335 g/mol. The van der Waals surface area contributed by atoms with Gasteiger partial charge in [-0.2, -0.15) is 0 Å². The van der Waals surface area contributed by atoms with E-state index in [0.717, 1.165) is 10.0 Å². The van der Waals surface area contributed by atoms with Crippen LogP contribution in [0.3, 0.4) is 0 Å². The third-order valence-corrected chi connectivity index (χ3v) is 3.99. The largest absolute Gasteiger partial charge is 0.497 e. The Kier molecular flexibility index (Phi) is 4.45. The highest BCUT2D eigenvalue weighted by Gasteiger charge is 2.15. The molecule has 0 radical (unpaired) electrons. The van der Waals surface area contributed by atoms with E-state index in [2.05, 4.69) is 15.9 Å². The highest BCUT2D eigenvalue weighted by molar-refractivity contribution is 9.10. The molecule has 0 aliphatic carbocycles. The zero-order valence-corrected chi connectivity index (χ0v) is 13.2. The summed E-state index contributed by atoms with van der Waals surface area (Å²) in [6.07, 6.45) is 0. The third kappa shape index (κ3) is 2.85. The second-order valence-electron chi connectivity index (χ2n) is 4.34. The van der Waals surface area contributed by atoms with Gasteiger partial charge in [0.05, 0.1) is 14.2 Å². The topological polar surface area (TPSA) is 35.5 Å². The minimum absolute atomic E-state index is 0.0546. The van der Waals surface area contributed by atoms with Crippen LogP contribution in [0.2, 0.25) is 0 Å². The molecule has 0 N–H and O–H groups in total. The molecule has 4 heteroatoms. The third-order valence-electron chi connectivity index (χ3n) is 3.13. The summed E-state index contributed by atoms with van der Waals surface area (Å²) < 4.78 is 11.3. The zero-order valence-electron chi connectivity index (χ0n) is 11.6. The molecular formula is C16H15BrO3. The molecule has 0 amide bonds. The van der Waals surface area contributed by atoms with Gasteiger partial charge in [-0.05, 0) is 30.7 Å². The molecule has 0 bridgehead atoms.